The van der Waals surface area contributed by atoms with E-state index in [0.29, 0.717) is 0 Å². The van der Waals surface area contributed by atoms with Crippen LogP contribution >= 0.6 is 0 Å². The van der Waals surface area contributed by atoms with Gasteiger partial charge in [-0.25, -0.2) is 9.97 Å². The molecule has 14 heavy (non-hydrogen) atoms. The van der Waals surface area contributed by atoms with Crippen molar-refractivity contribution in [2.45, 2.75) is 6.92 Å². The number of rotatable bonds is 1. The summed E-state index contributed by atoms with van der Waals surface area (Å²) in [5.74, 6) is 0. The van der Waals surface area contributed by atoms with Gasteiger partial charge in [-0.3, -0.25) is 0 Å². The summed E-state index contributed by atoms with van der Waals surface area (Å²) in [6, 6.07) is 3.89. The standard InChI is InChI=1S/C10H11N4/c1-8-6-11-7-12-10(8)9-4-3-5-13-14(9)2/h3-7H,1-2H3/q+1. The van der Waals surface area contributed by atoms with Crippen LogP contribution in [0.25, 0.3) is 11.4 Å². The average molecular weight is 187 g/mol. The molecule has 4 nitrogen and oxygen atoms in total. The third kappa shape index (κ3) is 1.46. The minimum atomic E-state index is 0.926. The fraction of sp³-hybridized carbons (Fsp3) is 0.200. The second-order valence-corrected chi connectivity index (χ2v) is 3.09. The van der Waals surface area contributed by atoms with Gasteiger partial charge in [-0.1, -0.05) is 4.68 Å². The molecule has 0 atom stereocenters. The van der Waals surface area contributed by atoms with Gasteiger partial charge in [0, 0.05) is 12.3 Å². The van der Waals surface area contributed by atoms with Crippen molar-refractivity contribution in [2.75, 3.05) is 0 Å². The van der Waals surface area contributed by atoms with E-state index in [1.807, 2.05) is 26.1 Å². The molecular formula is C10H11N4+. The van der Waals surface area contributed by atoms with Gasteiger partial charge in [-0.05, 0) is 23.7 Å². The molecule has 0 aliphatic rings. The zero-order valence-electron chi connectivity index (χ0n) is 8.18. The van der Waals surface area contributed by atoms with Crippen LogP contribution in [0.2, 0.25) is 0 Å². The Morgan fingerprint density at radius 2 is 2.21 bits per heavy atom. The lowest BCUT2D eigenvalue weighted by molar-refractivity contribution is -0.720. The molecule has 2 aromatic heterocycles. The Bertz CT molecular complexity index is 410. The lowest BCUT2D eigenvalue weighted by Gasteiger charge is -1.99. The lowest BCUT2D eigenvalue weighted by Crippen LogP contribution is -2.35. The van der Waals surface area contributed by atoms with Crippen LogP contribution in [0, 0.1) is 6.92 Å². The molecule has 0 aromatic carbocycles. The zero-order valence-corrected chi connectivity index (χ0v) is 8.18. The molecule has 2 rings (SSSR count). The van der Waals surface area contributed by atoms with E-state index in [2.05, 4.69) is 15.1 Å². The maximum Gasteiger partial charge on any atom is 0.257 e. The number of aryl methyl sites for hydroxylation is 2. The molecule has 4 heteroatoms. The van der Waals surface area contributed by atoms with Gasteiger partial charge in [0.1, 0.15) is 12.0 Å². The average Bonchev–Trinajstić information content (AvgIpc) is 2.20. The maximum atomic E-state index is 4.24. The van der Waals surface area contributed by atoms with Crippen molar-refractivity contribution in [3.63, 3.8) is 0 Å². The van der Waals surface area contributed by atoms with Crippen LogP contribution in [0.15, 0.2) is 30.9 Å². The smallest absolute Gasteiger partial charge is 0.244 e. The molecule has 0 spiro atoms. The van der Waals surface area contributed by atoms with Crippen molar-refractivity contribution in [1.82, 2.24) is 15.1 Å². The molecule has 0 amide bonds. The zero-order chi connectivity index (χ0) is 9.97. The highest BCUT2D eigenvalue weighted by molar-refractivity contribution is 5.53. The second kappa shape index (κ2) is 3.49. The first-order valence-corrected chi connectivity index (χ1v) is 4.37. The summed E-state index contributed by atoms with van der Waals surface area (Å²) in [5, 5.41) is 4.15. The quantitative estimate of drug-likeness (QED) is 0.616. The summed E-state index contributed by atoms with van der Waals surface area (Å²) in [6.07, 6.45) is 5.10. The van der Waals surface area contributed by atoms with Gasteiger partial charge >= 0.3 is 0 Å². The number of nitrogens with zero attached hydrogens (tertiary/aromatic N) is 4. The molecule has 2 aromatic rings. The SMILES string of the molecule is Cc1cncnc1-c1cccn[n+]1C. The summed E-state index contributed by atoms with van der Waals surface area (Å²) in [7, 11) is 1.90. The van der Waals surface area contributed by atoms with E-state index in [1.54, 1.807) is 23.4 Å². The molecule has 0 aliphatic heterocycles. The highest BCUT2D eigenvalue weighted by Gasteiger charge is 2.13. The van der Waals surface area contributed by atoms with Gasteiger partial charge in [-0.15, -0.1) is 0 Å². The van der Waals surface area contributed by atoms with Gasteiger partial charge in [-0.2, -0.15) is 0 Å². The van der Waals surface area contributed by atoms with Crippen LogP contribution in [-0.2, 0) is 7.05 Å². The van der Waals surface area contributed by atoms with Crippen molar-refractivity contribution in [2.24, 2.45) is 7.05 Å². The van der Waals surface area contributed by atoms with Crippen LogP contribution < -0.4 is 4.68 Å². The predicted molar refractivity (Wildman–Crippen MR) is 51.2 cm³/mol. The monoisotopic (exact) mass is 187 g/mol. The molecule has 0 saturated carbocycles. The number of hydrogen-bond acceptors (Lipinski definition) is 3. The van der Waals surface area contributed by atoms with Gasteiger partial charge in [0.15, 0.2) is 7.05 Å². The largest absolute Gasteiger partial charge is 0.257 e. The molecule has 0 saturated heterocycles. The van der Waals surface area contributed by atoms with Gasteiger partial charge < -0.3 is 0 Å². The molecule has 0 aliphatic carbocycles. The van der Waals surface area contributed by atoms with E-state index in [9.17, 15) is 0 Å². The Kier molecular flexibility index (Phi) is 2.18. The van der Waals surface area contributed by atoms with Crippen molar-refractivity contribution in [3.8, 4) is 11.4 Å². The minimum Gasteiger partial charge on any atom is -0.244 e. The first kappa shape index (κ1) is 8.74. The summed E-state index contributed by atoms with van der Waals surface area (Å²) in [6.45, 7) is 1.99. The topological polar surface area (TPSA) is 42.6 Å². The van der Waals surface area contributed by atoms with E-state index >= 15 is 0 Å². The molecule has 0 unspecified atom stereocenters. The second-order valence-electron chi connectivity index (χ2n) is 3.09. The van der Waals surface area contributed by atoms with Crippen molar-refractivity contribution in [3.05, 3.63) is 36.4 Å². The number of hydrogen-bond donors (Lipinski definition) is 0. The van der Waals surface area contributed by atoms with Crippen LogP contribution in [0.5, 0.6) is 0 Å². The van der Waals surface area contributed by atoms with Gasteiger partial charge in [0.25, 0.3) is 5.69 Å². The van der Waals surface area contributed by atoms with E-state index < -0.39 is 0 Å². The first-order chi connectivity index (χ1) is 6.79. The molecule has 2 heterocycles. The molecule has 0 N–H and O–H groups in total. The molecule has 0 bridgehead atoms. The van der Waals surface area contributed by atoms with Crippen molar-refractivity contribution in [1.29, 1.82) is 0 Å². The van der Waals surface area contributed by atoms with Crippen LogP contribution in [-0.4, -0.2) is 15.1 Å². The summed E-state index contributed by atoms with van der Waals surface area (Å²) in [4.78, 5) is 8.20. The minimum absolute atomic E-state index is 0.926. The normalized spacial score (nSPS) is 10.1. The third-order valence-electron chi connectivity index (χ3n) is 2.07. The molecule has 0 radical (unpaired) electrons. The van der Waals surface area contributed by atoms with E-state index in [-0.39, 0.29) is 0 Å². The van der Waals surface area contributed by atoms with Crippen LogP contribution in [0.1, 0.15) is 5.56 Å². The number of aromatic nitrogens is 4. The van der Waals surface area contributed by atoms with Crippen molar-refractivity contribution >= 4 is 0 Å². The highest BCUT2D eigenvalue weighted by atomic mass is 15.2. The third-order valence-corrected chi connectivity index (χ3v) is 2.07. The van der Waals surface area contributed by atoms with E-state index in [1.165, 1.54) is 0 Å². The molecule has 70 valence electrons. The Morgan fingerprint density at radius 3 is 2.93 bits per heavy atom. The van der Waals surface area contributed by atoms with E-state index in [4.69, 9.17) is 0 Å². The lowest BCUT2D eigenvalue weighted by atomic mass is 10.2. The van der Waals surface area contributed by atoms with Crippen LogP contribution in [0.4, 0.5) is 0 Å². The van der Waals surface area contributed by atoms with Crippen molar-refractivity contribution < 1.29 is 4.68 Å². The summed E-state index contributed by atoms with van der Waals surface area (Å²) < 4.78 is 1.80. The van der Waals surface area contributed by atoms with E-state index in [0.717, 1.165) is 17.0 Å². The first-order valence-electron chi connectivity index (χ1n) is 4.37. The Labute approximate surface area is 82.3 Å². The highest BCUT2D eigenvalue weighted by Crippen LogP contribution is 2.13. The van der Waals surface area contributed by atoms with Gasteiger partial charge in [0.2, 0.25) is 0 Å². The predicted octanol–water partition coefficient (Wildman–Crippen LogP) is 0.672. The Morgan fingerprint density at radius 1 is 1.36 bits per heavy atom. The van der Waals surface area contributed by atoms with Gasteiger partial charge in [0.05, 0.1) is 6.20 Å². The molecular weight excluding hydrogens is 176 g/mol. The molecule has 0 fully saturated rings. The van der Waals surface area contributed by atoms with Crippen LogP contribution in [0.3, 0.4) is 0 Å². The summed E-state index contributed by atoms with van der Waals surface area (Å²) >= 11 is 0. The maximum absolute atomic E-state index is 4.24. The fourth-order valence-electron chi connectivity index (χ4n) is 1.34. The Hall–Kier alpha value is -1.84. The fourth-order valence-corrected chi connectivity index (χ4v) is 1.34. The Balaban J connectivity index is 2.61. The summed E-state index contributed by atoms with van der Waals surface area (Å²) in [5.41, 5.74) is 2.97.